The first kappa shape index (κ1) is 16.4. The van der Waals surface area contributed by atoms with Crippen LogP contribution in [-0.4, -0.2) is 47.3 Å². The number of amides is 2. The third-order valence-electron chi connectivity index (χ3n) is 3.99. The average molecular weight is 351 g/mol. The first-order valence-corrected chi connectivity index (χ1v) is 7.79. The number of benzene rings is 1. The van der Waals surface area contributed by atoms with Crippen molar-refractivity contribution in [1.29, 1.82) is 0 Å². The molecule has 1 aromatic rings. The number of nitro groups is 1. The van der Waals surface area contributed by atoms with Gasteiger partial charge < -0.3 is 10.2 Å². The van der Waals surface area contributed by atoms with Crippen LogP contribution in [0, 0.1) is 10.1 Å². The maximum Gasteiger partial charge on any atom is 0.283 e. The van der Waals surface area contributed by atoms with E-state index in [-0.39, 0.29) is 28.1 Å². The fraction of sp³-hybridized carbons (Fsp3) is 0.333. The van der Waals surface area contributed by atoms with Gasteiger partial charge in [0.15, 0.2) is 0 Å². The van der Waals surface area contributed by atoms with E-state index in [1.54, 1.807) is 4.90 Å². The standard InChI is InChI=1S/C15H15ClN4O4/c1-9-8-18(6-5-17-9)13-12(16)14(21)19(15(13)22)10-3-2-4-11(7-10)20(23)24/h2-4,7,9,17H,5-6,8H2,1H3/t9-/m0/s1. The molecular formula is C15H15ClN4O4. The van der Waals surface area contributed by atoms with E-state index in [1.165, 1.54) is 24.3 Å². The van der Waals surface area contributed by atoms with Crippen LogP contribution in [0.4, 0.5) is 11.4 Å². The van der Waals surface area contributed by atoms with Gasteiger partial charge in [-0.05, 0) is 13.0 Å². The highest BCUT2D eigenvalue weighted by Crippen LogP contribution is 2.32. The number of non-ortho nitro benzene ring substituents is 1. The van der Waals surface area contributed by atoms with E-state index in [4.69, 9.17) is 11.6 Å². The van der Waals surface area contributed by atoms with Crippen molar-refractivity contribution in [3.05, 3.63) is 45.1 Å². The molecule has 0 unspecified atom stereocenters. The van der Waals surface area contributed by atoms with Gasteiger partial charge in [-0.3, -0.25) is 19.7 Å². The number of carbonyl (C=O) groups is 2. The van der Waals surface area contributed by atoms with Gasteiger partial charge in [-0.25, -0.2) is 4.90 Å². The Morgan fingerprint density at radius 2 is 2.08 bits per heavy atom. The maximum atomic E-state index is 12.7. The Hall–Kier alpha value is -2.45. The van der Waals surface area contributed by atoms with E-state index in [2.05, 4.69) is 5.32 Å². The lowest BCUT2D eigenvalue weighted by atomic mass is 10.2. The summed E-state index contributed by atoms with van der Waals surface area (Å²) in [5, 5.41) is 14.0. The summed E-state index contributed by atoms with van der Waals surface area (Å²) < 4.78 is 0. The maximum absolute atomic E-state index is 12.7. The fourth-order valence-electron chi connectivity index (χ4n) is 2.88. The Balaban J connectivity index is 1.94. The largest absolute Gasteiger partial charge is 0.363 e. The second kappa shape index (κ2) is 6.21. The number of halogens is 1. The van der Waals surface area contributed by atoms with Crippen molar-refractivity contribution < 1.29 is 14.5 Å². The quantitative estimate of drug-likeness (QED) is 0.500. The molecule has 0 bridgehead atoms. The first-order valence-electron chi connectivity index (χ1n) is 7.41. The summed E-state index contributed by atoms with van der Waals surface area (Å²) in [6, 6.07) is 5.53. The van der Waals surface area contributed by atoms with E-state index < -0.39 is 16.7 Å². The second-order valence-corrected chi connectivity index (χ2v) is 6.06. The van der Waals surface area contributed by atoms with Crippen molar-refractivity contribution in [2.75, 3.05) is 24.5 Å². The molecule has 1 N–H and O–H groups in total. The van der Waals surface area contributed by atoms with E-state index >= 15 is 0 Å². The molecule has 2 aliphatic rings. The number of carbonyl (C=O) groups excluding carboxylic acids is 2. The molecule has 24 heavy (non-hydrogen) atoms. The molecule has 1 aromatic carbocycles. The van der Waals surface area contributed by atoms with Gasteiger partial charge in [0.25, 0.3) is 17.5 Å². The number of hydrogen-bond donors (Lipinski definition) is 1. The lowest BCUT2D eigenvalue weighted by Gasteiger charge is -2.33. The van der Waals surface area contributed by atoms with Crippen LogP contribution < -0.4 is 10.2 Å². The van der Waals surface area contributed by atoms with Crippen LogP contribution in [0.15, 0.2) is 35.0 Å². The normalized spacial score (nSPS) is 21.7. The number of rotatable bonds is 3. The van der Waals surface area contributed by atoms with Crippen molar-refractivity contribution >= 4 is 34.8 Å². The number of nitro benzene ring substituents is 1. The van der Waals surface area contributed by atoms with Gasteiger partial charge >= 0.3 is 0 Å². The molecule has 3 rings (SSSR count). The topological polar surface area (TPSA) is 95.8 Å². The van der Waals surface area contributed by atoms with Crippen molar-refractivity contribution in [1.82, 2.24) is 10.2 Å². The summed E-state index contributed by atoms with van der Waals surface area (Å²) in [5.41, 5.74) is 0.0884. The van der Waals surface area contributed by atoms with Gasteiger partial charge in [0.05, 0.1) is 10.6 Å². The summed E-state index contributed by atoms with van der Waals surface area (Å²) in [4.78, 5) is 38.2. The molecule has 0 aliphatic carbocycles. The van der Waals surface area contributed by atoms with Gasteiger partial charge in [-0.2, -0.15) is 0 Å². The van der Waals surface area contributed by atoms with Crippen LogP contribution in [0.1, 0.15) is 6.92 Å². The highest BCUT2D eigenvalue weighted by Gasteiger charge is 2.42. The Labute approximate surface area is 142 Å². The molecule has 2 amide bonds. The molecule has 9 heteroatoms. The smallest absolute Gasteiger partial charge is 0.283 e. The zero-order valence-electron chi connectivity index (χ0n) is 12.9. The van der Waals surface area contributed by atoms with E-state index in [0.29, 0.717) is 19.6 Å². The van der Waals surface area contributed by atoms with Crippen LogP contribution in [-0.2, 0) is 9.59 Å². The molecule has 8 nitrogen and oxygen atoms in total. The number of hydrogen-bond acceptors (Lipinski definition) is 6. The Morgan fingerprint density at radius 1 is 1.33 bits per heavy atom. The molecule has 1 atom stereocenters. The minimum Gasteiger partial charge on any atom is -0.363 e. The van der Waals surface area contributed by atoms with Crippen molar-refractivity contribution in [2.24, 2.45) is 0 Å². The second-order valence-electron chi connectivity index (χ2n) is 5.69. The molecule has 1 fully saturated rings. The van der Waals surface area contributed by atoms with Gasteiger partial charge in [0.2, 0.25) is 0 Å². The molecule has 2 aliphatic heterocycles. The Bertz CT molecular complexity index is 764. The number of piperazine rings is 1. The Morgan fingerprint density at radius 3 is 2.75 bits per heavy atom. The minimum absolute atomic E-state index is 0.135. The summed E-state index contributed by atoms with van der Waals surface area (Å²) >= 11 is 6.12. The van der Waals surface area contributed by atoms with Crippen LogP contribution >= 0.6 is 11.6 Å². The van der Waals surface area contributed by atoms with Gasteiger partial charge in [-0.15, -0.1) is 0 Å². The van der Waals surface area contributed by atoms with Crippen LogP contribution in [0.3, 0.4) is 0 Å². The van der Waals surface area contributed by atoms with Gasteiger partial charge in [0, 0.05) is 37.8 Å². The number of nitrogens with one attached hydrogen (secondary N) is 1. The highest BCUT2D eigenvalue weighted by atomic mass is 35.5. The van der Waals surface area contributed by atoms with Crippen LogP contribution in [0.5, 0.6) is 0 Å². The summed E-state index contributed by atoms with van der Waals surface area (Å²) in [5.74, 6) is -1.22. The minimum atomic E-state index is -0.664. The monoisotopic (exact) mass is 350 g/mol. The fourth-order valence-corrected chi connectivity index (χ4v) is 3.17. The molecule has 1 saturated heterocycles. The molecule has 0 radical (unpaired) electrons. The lowest BCUT2D eigenvalue weighted by Crippen LogP contribution is -2.50. The van der Waals surface area contributed by atoms with Crippen LogP contribution in [0.2, 0.25) is 0 Å². The zero-order valence-corrected chi connectivity index (χ0v) is 13.6. The third-order valence-corrected chi connectivity index (χ3v) is 4.33. The molecule has 0 spiro atoms. The predicted octanol–water partition coefficient (Wildman–Crippen LogP) is 1.21. The number of nitrogens with zero attached hydrogens (tertiary/aromatic N) is 3. The molecule has 0 aromatic heterocycles. The summed E-state index contributed by atoms with van der Waals surface area (Å²) in [7, 11) is 0. The molecule has 0 saturated carbocycles. The summed E-state index contributed by atoms with van der Waals surface area (Å²) in [6.45, 7) is 3.75. The van der Waals surface area contributed by atoms with Crippen molar-refractivity contribution in [3.8, 4) is 0 Å². The first-order chi connectivity index (χ1) is 11.4. The zero-order chi connectivity index (χ0) is 17.4. The summed E-state index contributed by atoms with van der Waals surface area (Å²) in [6.07, 6.45) is 0. The SMILES string of the molecule is C[C@H]1CN(C2=C(Cl)C(=O)N(c3cccc([N+](=O)[O-])c3)C2=O)CCN1. The molecular weight excluding hydrogens is 336 g/mol. The van der Waals surface area contributed by atoms with E-state index in [1.807, 2.05) is 6.92 Å². The van der Waals surface area contributed by atoms with Crippen molar-refractivity contribution in [2.45, 2.75) is 13.0 Å². The molecule has 126 valence electrons. The average Bonchev–Trinajstić information content (AvgIpc) is 2.77. The lowest BCUT2D eigenvalue weighted by molar-refractivity contribution is -0.384. The Kier molecular flexibility index (Phi) is 4.25. The van der Waals surface area contributed by atoms with Gasteiger partial charge in [-0.1, -0.05) is 17.7 Å². The van der Waals surface area contributed by atoms with E-state index in [9.17, 15) is 19.7 Å². The predicted molar refractivity (Wildman–Crippen MR) is 87.5 cm³/mol. The number of imide groups is 1. The van der Waals surface area contributed by atoms with E-state index in [0.717, 1.165) is 4.90 Å². The molecule has 2 heterocycles. The van der Waals surface area contributed by atoms with Gasteiger partial charge in [0.1, 0.15) is 10.7 Å². The van der Waals surface area contributed by atoms with Crippen molar-refractivity contribution in [3.63, 3.8) is 0 Å². The highest BCUT2D eigenvalue weighted by molar-refractivity contribution is 6.52. The number of anilines is 1. The third kappa shape index (κ3) is 2.74. The van der Waals surface area contributed by atoms with Crippen LogP contribution in [0.25, 0.3) is 0 Å².